The number of benzene rings is 1. The van der Waals surface area contributed by atoms with Crippen LogP contribution in [0.25, 0.3) is 6.08 Å². The van der Waals surface area contributed by atoms with E-state index in [9.17, 15) is 10.2 Å². The van der Waals surface area contributed by atoms with Crippen LogP contribution in [-0.2, 0) is 0 Å². The van der Waals surface area contributed by atoms with E-state index in [0.717, 1.165) is 0 Å². The van der Waals surface area contributed by atoms with Crippen LogP contribution < -0.4 is 5.73 Å². The van der Waals surface area contributed by atoms with Crippen molar-refractivity contribution in [2.45, 2.75) is 6.92 Å². The molecule has 0 aliphatic rings. The largest absolute Gasteiger partial charge is 0.504 e. The molecule has 70 valence electrons. The average molecular weight is 179 g/mol. The number of hydrogen-bond donors (Lipinski definition) is 3. The van der Waals surface area contributed by atoms with Crippen molar-refractivity contribution in [3.63, 3.8) is 0 Å². The van der Waals surface area contributed by atoms with Crippen molar-refractivity contribution in [2.24, 2.45) is 5.73 Å². The van der Waals surface area contributed by atoms with E-state index in [4.69, 9.17) is 5.73 Å². The second-order valence-electron chi connectivity index (χ2n) is 2.81. The van der Waals surface area contributed by atoms with E-state index in [2.05, 4.69) is 0 Å². The molecule has 0 atom stereocenters. The monoisotopic (exact) mass is 179 g/mol. The molecule has 0 amide bonds. The maximum atomic E-state index is 9.46. The van der Waals surface area contributed by atoms with E-state index < -0.39 is 0 Å². The Hall–Kier alpha value is -1.48. The van der Waals surface area contributed by atoms with Gasteiger partial charge in [0.15, 0.2) is 11.5 Å². The van der Waals surface area contributed by atoms with Gasteiger partial charge in [-0.2, -0.15) is 0 Å². The molecule has 0 radical (unpaired) electrons. The summed E-state index contributed by atoms with van der Waals surface area (Å²) >= 11 is 0. The van der Waals surface area contributed by atoms with Gasteiger partial charge in [0.25, 0.3) is 0 Å². The Morgan fingerprint density at radius 3 is 2.62 bits per heavy atom. The Bertz CT molecular complexity index is 332. The number of aryl methyl sites for hydroxylation is 1. The fourth-order valence-corrected chi connectivity index (χ4v) is 1.03. The zero-order chi connectivity index (χ0) is 9.84. The summed E-state index contributed by atoms with van der Waals surface area (Å²) in [5.41, 5.74) is 6.50. The van der Waals surface area contributed by atoms with Crippen LogP contribution in [0.2, 0.25) is 0 Å². The third-order valence-corrected chi connectivity index (χ3v) is 1.82. The van der Waals surface area contributed by atoms with Crippen LogP contribution in [-0.4, -0.2) is 16.8 Å². The van der Waals surface area contributed by atoms with Crippen LogP contribution in [0.5, 0.6) is 11.5 Å². The number of rotatable bonds is 2. The summed E-state index contributed by atoms with van der Waals surface area (Å²) in [6.07, 6.45) is 3.39. The first kappa shape index (κ1) is 9.61. The van der Waals surface area contributed by atoms with Crippen LogP contribution in [0.4, 0.5) is 0 Å². The Kier molecular flexibility index (Phi) is 2.93. The number of phenolic OH excluding ortho intramolecular Hbond substituents is 2. The lowest BCUT2D eigenvalue weighted by atomic mass is 10.1. The Morgan fingerprint density at radius 2 is 2.00 bits per heavy atom. The van der Waals surface area contributed by atoms with Gasteiger partial charge in [0.05, 0.1) is 0 Å². The van der Waals surface area contributed by atoms with Crippen molar-refractivity contribution in [1.82, 2.24) is 0 Å². The van der Waals surface area contributed by atoms with Crippen LogP contribution in [0.3, 0.4) is 0 Å². The Balaban J connectivity index is 3.11. The molecule has 1 aromatic carbocycles. The lowest BCUT2D eigenvalue weighted by molar-refractivity contribution is 0.400. The highest BCUT2D eigenvalue weighted by Gasteiger charge is 2.05. The summed E-state index contributed by atoms with van der Waals surface area (Å²) in [5, 5.41) is 18.8. The lowest BCUT2D eigenvalue weighted by Crippen LogP contribution is -1.92. The predicted octanol–water partition coefficient (Wildman–Crippen LogP) is 1.38. The molecule has 0 spiro atoms. The first-order valence-corrected chi connectivity index (χ1v) is 4.05. The van der Waals surface area contributed by atoms with Crippen LogP contribution in [0, 0.1) is 6.92 Å². The smallest absolute Gasteiger partial charge is 0.165 e. The van der Waals surface area contributed by atoms with Gasteiger partial charge in [0.1, 0.15) is 0 Å². The van der Waals surface area contributed by atoms with Gasteiger partial charge in [0.2, 0.25) is 0 Å². The molecule has 0 unspecified atom stereocenters. The molecule has 0 saturated carbocycles. The minimum atomic E-state index is -0.0929. The van der Waals surface area contributed by atoms with E-state index in [0.29, 0.717) is 17.7 Å². The Labute approximate surface area is 77.1 Å². The molecule has 0 aliphatic carbocycles. The van der Waals surface area contributed by atoms with E-state index >= 15 is 0 Å². The molecular formula is C10H13NO2. The van der Waals surface area contributed by atoms with Crippen molar-refractivity contribution in [1.29, 1.82) is 0 Å². The normalized spacial score (nSPS) is 10.9. The number of hydrogen-bond acceptors (Lipinski definition) is 3. The Morgan fingerprint density at radius 1 is 1.31 bits per heavy atom. The fourth-order valence-electron chi connectivity index (χ4n) is 1.03. The number of phenols is 2. The van der Waals surface area contributed by atoms with Crippen molar-refractivity contribution in [3.05, 3.63) is 29.3 Å². The molecule has 0 saturated heterocycles. The molecule has 13 heavy (non-hydrogen) atoms. The van der Waals surface area contributed by atoms with Crippen molar-refractivity contribution < 1.29 is 10.2 Å². The summed E-state index contributed by atoms with van der Waals surface area (Å²) in [5.74, 6) is -0.163. The van der Waals surface area contributed by atoms with Gasteiger partial charge < -0.3 is 15.9 Å². The minimum absolute atomic E-state index is 0.0702. The third-order valence-electron chi connectivity index (χ3n) is 1.82. The topological polar surface area (TPSA) is 66.5 Å². The summed E-state index contributed by atoms with van der Waals surface area (Å²) in [7, 11) is 0. The summed E-state index contributed by atoms with van der Waals surface area (Å²) in [4.78, 5) is 0. The molecule has 3 heteroatoms. The van der Waals surface area contributed by atoms with E-state index in [-0.39, 0.29) is 11.5 Å². The maximum absolute atomic E-state index is 9.46. The molecule has 0 fully saturated rings. The fraction of sp³-hybridized carbons (Fsp3) is 0.200. The van der Waals surface area contributed by atoms with Gasteiger partial charge in [0, 0.05) is 12.1 Å². The second-order valence-corrected chi connectivity index (χ2v) is 2.81. The molecule has 4 N–H and O–H groups in total. The van der Waals surface area contributed by atoms with Gasteiger partial charge in [-0.15, -0.1) is 0 Å². The van der Waals surface area contributed by atoms with E-state index in [1.54, 1.807) is 31.2 Å². The number of nitrogens with two attached hydrogens (primary N) is 1. The first-order chi connectivity index (χ1) is 6.16. The summed E-state index contributed by atoms with van der Waals surface area (Å²) in [6.45, 7) is 2.14. The maximum Gasteiger partial charge on any atom is 0.165 e. The van der Waals surface area contributed by atoms with Gasteiger partial charge in [-0.25, -0.2) is 0 Å². The molecular weight excluding hydrogens is 166 g/mol. The average Bonchev–Trinajstić information content (AvgIpc) is 2.13. The quantitative estimate of drug-likeness (QED) is 0.601. The van der Waals surface area contributed by atoms with E-state index in [1.165, 1.54) is 0 Å². The predicted molar refractivity (Wildman–Crippen MR) is 52.6 cm³/mol. The molecule has 0 aromatic heterocycles. The highest BCUT2D eigenvalue weighted by atomic mass is 16.3. The van der Waals surface area contributed by atoms with Gasteiger partial charge in [-0.3, -0.25) is 0 Å². The summed E-state index contributed by atoms with van der Waals surface area (Å²) < 4.78 is 0. The van der Waals surface area contributed by atoms with Crippen LogP contribution in [0.1, 0.15) is 11.1 Å². The lowest BCUT2D eigenvalue weighted by Gasteiger charge is -2.04. The highest BCUT2D eigenvalue weighted by Crippen LogP contribution is 2.32. The van der Waals surface area contributed by atoms with Crippen LogP contribution >= 0.6 is 0 Å². The van der Waals surface area contributed by atoms with Gasteiger partial charge in [-0.05, 0) is 12.5 Å². The molecule has 0 heterocycles. The number of aromatic hydroxyl groups is 2. The third kappa shape index (κ3) is 2.00. The zero-order valence-corrected chi connectivity index (χ0v) is 7.49. The summed E-state index contributed by atoms with van der Waals surface area (Å²) in [6, 6.07) is 3.47. The van der Waals surface area contributed by atoms with Gasteiger partial charge >= 0.3 is 0 Å². The molecule has 1 rings (SSSR count). The standard InChI is InChI=1S/C10H13NO2/c1-7-4-5-8(3-2-6-11)10(13)9(7)12/h2-5,12-13H,6,11H2,1H3/b3-2+. The van der Waals surface area contributed by atoms with Gasteiger partial charge in [-0.1, -0.05) is 24.3 Å². The molecule has 1 aromatic rings. The van der Waals surface area contributed by atoms with E-state index in [1.807, 2.05) is 0 Å². The van der Waals surface area contributed by atoms with Crippen molar-refractivity contribution in [2.75, 3.05) is 6.54 Å². The van der Waals surface area contributed by atoms with Crippen LogP contribution in [0.15, 0.2) is 18.2 Å². The van der Waals surface area contributed by atoms with Crippen molar-refractivity contribution in [3.8, 4) is 11.5 Å². The zero-order valence-electron chi connectivity index (χ0n) is 7.49. The highest BCUT2D eigenvalue weighted by molar-refractivity contribution is 5.63. The SMILES string of the molecule is Cc1ccc(/C=C/CN)c(O)c1O. The first-order valence-electron chi connectivity index (χ1n) is 4.05. The molecule has 0 bridgehead atoms. The minimum Gasteiger partial charge on any atom is -0.504 e. The van der Waals surface area contributed by atoms with Crippen molar-refractivity contribution >= 4 is 6.08 Å². The molecule has 3 nitrogen and oxygen atoms in total. The second kappa shape index (κ2) is 3.96. The molecule has 0 aliphatic heterocycles.